The maximum absolute atomic E-state index is 12.1. The molecule has 108 valence electrons. The Kier molecular flexibility index (Phi) is 4.27. The molecule has 0 radical (unpaired) electrons. The van der Waals surface area contributed by atoms with Crippen molar-refractivity contribution in [3.8, 4) is 0 Å². The molecular weight excluding hydrogens is 252 g/mol. The SMILES string of the molecule is Cc1ccc(NC(=O)NC2(C(=N)N)CCCCC2)cc1. The van der Waals surface area contributed by atoms with E-state index in [2.05, 4.69) is 10.6 Å². The number of aryl methyl sites for hydroxylation is 1. The summed E-state index contributed by atoms with van der Waals surface area (Å²) in [6, 6.07) is 7.30. The minimum absolute atomic E-state index is 0.0521. The monoisotopic (exact) mass is 274 g/mol. The molecule has 1 aromatic rings. The Bertz CT molecular complexity index is 489. The largest absolute Gasteiger partial charge is 0.386 e. The van der Waals surface area contributed by atoms with Crippen LogP contribution in [0.4, 0.5) is 10.5 Å². The number of anilines is 1. The lowest BCUT2D eigenvalue weighted by Crippen LogP contribution is -2.59. The van der Waals surface area contributed by atoms with Crippen molar-refractivity contribution in [1.82, 2.24) is 5.32 Å². The smallest absolute Gasteiger partial charge is 0.320 e. The minimum Gasteiger partial charge on any atom is -0.386 e. The minimum atomic E-state index is -0.674. The number of carbonyl (C=O) groups is 1. The summed E-state index contributed by atoms with van der Waals surface area (Å²) >= 11 is 0. The van der Waals surface area contributed by atoms with Crippen molar-refractivity contribution in [3.63, 3.8) is 0 Å². The molecule has 5 heteroatoms. The fourth-order valence-electron chi connectivity index (χ4n) is 2.63. The molecule has 0 aromatic heterocycles. The summed E-state index contributed by atoms with van der Waals surface area (Å²) in [5.41, 5.74) is 6.91. The normalized spacial score (nSPS) is 17.2. The van der Waals surface area contributed by atoms with Crippen LogP contribution in [0.15, 0.2) is 24.3 Å². The number of amides is 2. The van der Waals surface area contributed by atoms with Crippen LogP contribution in [0.5, 0.6) is 0 Å². The first-order valence-electron chi connectivity index (χ1n) is 7.02. The summed E-state index contributed by atoms with van der Waals surface area (Å²) in [6.45, 7) is 2.00. The Hall–Kier alpha value is -2.04. The molecule has 0 aliphatic heterocycles. The molecule has 0 saturated heterocycles. The third-order valence-corrected chi connectivity index (χ3v) is 3.88. The van der Waals surface area contributed by atoms with E-state index in [0.717, 1.165) is 43.4 Å². The number of benzene rings is 1. The average Bonchev–Trinajstić information content (AvgIpc) is 2.42. The van der Waals surface area contributed by atoms with E-state index in [1.165, 1.54) is 0 Å². The van der Waals surface area contributed by atoms with Gasteiger partial charge in [0.2, 0.25) is 0 Å². The van der Waals surface area contributed by atoms with Crippen molar-refractivity contribution in [1.29, 1.82) is 5.41 Å². The van der Waals surface area contributed by atoms with Gasteiger partial charge in [-0.2, -0.15) is 0 Å². The zero-order valence-corrected chi connectivity index (χ0v) is 11.8. The molecule has 5 nitrogen and oxygen atoms in total. The Morgan fingerprint density at radius 1 is 1.20 bits per heavy atom. The molecule has 20 heavy (non-hydrogen) atoms. The first-order chi connectivity index (χ1) is 9.52. The van der Waals surface area contributed by atoms with Crippen molar-refractivity contribution in [3.05, 3.63) is 29.8 Å². The van der Waals surface area contributed by atoms with Gasteiger partial charge in [-0.05, 0) is 31.9 Å². The molecule has 1 saturated carbocycles. The third-order valence-electron chi connectivity index (χ3n) is 3.88. The lowest BCUT2D eigenvalue weighted by Gasteiger charge is -2.36. The molecule has 2 amide bonds. The van der Waals surface area contributed by atoms with Crippen LogP contribution in [0.3, 0.4) is 0 Å². The average molecular weight is 274 g/mol. The van der Waals surface area contributed by atoms with E-state index in [4.69, 9.17) is 11.1 Å². The number of hydrogen-bond acceptors (Lipinski definition) is 2. The number of nitrogens with two attached hydrogens (primary N) is 1. The summed E-state index contributed by atoms with van der Waals surface area (Å²) in [4.78, 5) is 12.1. The standard InChI is InChI=1S/C15H22N4O/c1-11-5-7-12(8-6-11)18-14(20)19-15(13(16)17)9-3-2-4-10-15/h5-8H,2-4,9-10H2,1H3,(H3,16,17)(H2,18,19,20). The van der Waals surface area contributed by atoms with Crippen LogP contribution < -0.4 is 16.4 Å². The van der Waals surface area contributed by atoms with Crippen LogP contribution in [0.2, 0.25) is 0 Å². The van der Waals surface area contributed by atoms with Gasteiger partial charge in [0.25, 0.3) is 0 Å². The van der Waals surface area contributed by atoms with Gasteiger partial charge in [-0.25, -0.2) is 4.79 Å². The van der Waals surface area contributed by atoms with E-state index in [0.29, 0.717) is 0 Å². The Morgan fingerprint density at radius 2 is 1.80 bits per heavy atom. The van der Waals surface area contributed by atoms with E-state index in [9.17, 15) is 4.79 Å². The highest BCUT2D eigenvalue weighted by Crippen LogP contribution is 2.28. The van der Waals surface area contributed by atoms with Gasteiger partial charge in [-0.3, -0.25) is 5.41 Å². The highest BCUT2D eigenvalue weighted by atomic mass is 16.2. The second kappa shape index (κ2) is 5.94. The lowest BCUT2D eigenvalue weighted by atomic mass is 9.81. The van der Waals surface area contributed by atoms with Gasteiger partial charge >= 0.3 is 6.03 Å². The van der Waals surface area contributed by atoms with E-state index < -0.39 is 5.54 Å². The Labute approximate surface area is 119 Å². The van der Waals surface area contributed by atoms with Crippen molar-refractivity contribution >= 4 is 17.6 Å². The summed E-state index contributed by atoms with van der Waals surface area (Å²) in [5, 5.41) is 13.5. The predicted octanol–water partition coefficient (Wildman–Crippen LogP) is 2.76. The van der Waals surface area contributed by atoms with Crippen LogP contribution in [-0.2, 0) is 0 Å². The Morgan fingerprint density at radius 3 is 2.35 bits per heavy atom. The van der Waals surface area contributed by atoms with Crippen molar-refractivity contribution < 1.29 is 4.79 Å². The first-order valence-corrected chi connectivity index (χ1v) is 7.02. The third kappa shape index (κ3) is 3.29. The molecule has 1 aromatic carbocycles. The maximum Gasteiger partial charge on any atom is 0.320 e. The molecule has 1 aliphatic rings. The van der Waals surface area contributed by atoms with Gasteiger partial charge in [-0.1, -0.05) is 37.0 Å². The van der Waals surface area contributed by atoms with Gasteiger partial charge in [0, 0.05) is 5.69 Å². The van der Waals surface area contributed by atoms with Crippen LogP contribution >= 0.6 is 0 Å². The highest BCUT2D eigenvalue weighted by molar-refractivity contribution is 5.96. The molecule has 1 aliphatic carbocycles. The zero-order valence-electron chi connectivity index (χ0n) is 11.8. The van der Waals surface area contributed by atoms with Gasteiger partial charge in [0.15, 0.2) is 0 Å². The van der Waals surface area contributed by atoms with Gasteiger partial charge in [0.1, 0.15) is 5.84 Å². The van der Waals surface area contributed by atoms with E-state index in [-0.39, 0.29) is 11.9 Å². The molecule has 1 fully saturated rings. The fourth-order valence-corrected chi connectivity index (χ4v) is 2.63. The number of nitrogens with one attached hydrogen (secondary N) is 3. The molecule has 0 heterocycles. The topological polar surface area (TPSA) is 91.0 Å². The van der Waals surface area contributed by atoms with E-state index in [1.54, 1.807) is 0 Å². The molecule has 0 unspecified atom stereocenters. The van der Waals surface area contributed by atoms with E-state index >= 15 is 0 Å². The van der Waals surface area contributed by atoms with Crippen molar-refractivity contribution in [2.24, 2.45) is 5.73 Å². The van der Waals surface area contributed by atoms with Gasteiger partial charge in [-0.15, -0.1) is 0 Å². The number of rotatable bonds is 3. The zero-order chi connectivity index (χ0) is 14.6. The number of hydrogen-bond donors (Lipinski definition) is 4. The van der Waals surface area contributed by atoms with Gasteiger partial charge < -0.3 is 16.4 Å². The Balaban J connectivity index is 2.01. The van der Waals surface area contributed by atoms with E-state index in [1.807, 2.05) is 31.2 Å². The number of carbonyl (C=O) groups excluding carboxylic acids is 1. The summed E-state index contributed by atoms with van der Waals surface area (Å²) < 4.78 is 0. The van der Waals surface area contributed by atoms with Crippen LogP contribution in [0, 0.1) is 12.3 Å². The molecule has 5 N–H and O–H groups in total. The first kappa shape index (κ1) is 14.4. The summed E-state index contributed by atoms with van der Waals surface area (Å²) in [6.07, 6.45) is 4.60. The van der Waals surface area contributed by atoms with Crippen LogP contribution in [0.25, 0.3) is 0 Å². The number of urea groups is 1. The lowest BCUT2D eigenvalue weighted by molar-refractivity contribution is 0.235. The highest BCUT2D eigenvalue weighted by Gasteiger charge is 2.36. The molecule has 0 bridgehead atoms. The maximum atomic E-state index is 12.1. The summed E-state index contributed by atoms with van der Waals surface area (Å²) in [7, 11) is 0. The van der Waals surface area contributed by atoms with Gasteiger partial charge in [0.05, 0.1) is 5.54 Å². The molecule has 0 spiro atoms. The number of amidine groups is 1. The second-order valence-corrected chi connectivity index (χ2v) is 5.50. The molecule has 0 atom stereocenters. The fraction of sp³-hybridized carbons (Fsp3) is 0.467. The van der Waals surface area contributed by atoms with Crippen LogP contribution in [-0.4, -0.2) is 17.4 Å². The van der Waals surface area contributed by atoms with Crippen molar-refractivity contribution in [2.75, 3.05) is 5.32 Å². The molecular formula is C15H22N4O. The predicted molar refractivity (Wildman–Crippen MR) is 81.1 cm³/mol. The molecule has 2 rings (SSSR count). The van der Waals surface area contributed by atoms with Crippen molar-refractivity contribution in [2.45, 2.75) is 44.6 Å². The quantitative estimate of drug-likeness (QED) is 0.504. The summed E-state index contributed by atoms with van der Waals surface area (Å²) in [5.74, 6) is 0.0521. The second-order valence-electron chi connectivity index (χ2n) is 5.50. The van der Waals surface area contributed by atoms with Crippen LogP contribution in [0.1, 0.15) is 37.7 Å².